The number of carbonyl (C=O) groups excluding carboxylic acids is 1. The number of nitrogens with one attached hydrogen (secondary N) is 1. The van der Waals surface area contributed by atoms with Crippen molar-refractivity contribution in [3.63, 3.8) is 0 Å². The quantitative estimate of drug-likeness (QED) is 0.685. The van der Waals surface area contributed by atoms with Crippen molar-refractivity contribution in [3.05, 3.63) is 23.4 Å². The van der Waals surface area contributed by atoms with E-state index in [0.717, 1.165) is 11.1 Å². The summed E-state index contributed by atoms with van der Waals surface area (Å²) in [6.45, 7) is 5.40. The van der Waals surface area contributed by atoms with Gasteiger partial charge in [0.05, 0.1) is 0 Å². The molecule has 1 aromatic heterocycles. The van der Waals surface area contributed by atoms with Gasteiger partial charge in [-0.05, 0) is 31.0 Å². The van der Waals surface area contributed by atoms with Crippen LogP contribution in [0.3, 0.4) is 0 Å². The van der Waals surface area contributed by atoms with Crippen molar-refractivity contribution < 1.29 is 4.79 Å². The molecule has 1 heterocycles. The molecule has 3 heteroatoms. The SMILES string of the molecule is CC(=O)Nc1nccc(C)c1C. The number of anilines is 1. The van der Waals surface area contributed by atoms with E-state index in [-0.39, 0.29) is 5.91 Å². The fourth-order valence-corrected chi connectivity index (χ4v) is 0.925. The number of nitrogens with zero attached hydrogens (tertiary/aromatic N) is 1. The van der Waals surface area contributed by atoms with Crippen LogP contribution in [0.4, 0.5) is 5.82 Å². The number of hydrogen-bond donors (Lipinski definition) is 1. The highest BCUT2D eigenvalue weighted by Crippen LogP contribution is 2.13. The first-order chi connectivity index (χ1) is 5.61. The number of amides is 1. The summed E-state index contributed by atoms with van der Waals surface area (Å²) in [6.07, 6.45) is 1.69. The van der Waals surface area contributed by atoms with Gasteiger partial charge in [0.25, 0.3) is 0 Å². The molecule has 0 spiro atoms. The predicted molar refractivity (Wildman–Crippen MR) is 48.0 cm³/mol. The second-order valence-corrected chi connectivity index (χ2v) is 2.78. The van der Waals surface area contributed by atoms with E-state index in [0.29, 0.717) is 5.82 Å². The van der Waals surface area contributed by atoms with Crippen LogP contribution in [0.5, 0.6) is 0 Å². The fourth-order valence-electron chi connectivity index (χ4n) is 0.925. The number of aryl methyl sites for hydroxylation is 1. The molecule has 0 fully saturated rings. The largest absolute Gasteiger partial charge is 0.311 e. The molecule has 1 aromatic rings. The lowest BCUT2D eigenvalue weighted by atomic mass is 10.2. The maximum absolute atomic E-state index is 10.7. The van der Waals surface area contributed by atoms with Gasteiger partial charge in [-0.2, -0.15) is 0 Å². The summed E-state index contributed by atoms with van der Waals surface area (Å²) in [7, 11) is 0. The molecule has 1 rings (SSSR count). The Kier molecular flexibility index (Phi) is 2.43. The predicted octanol–water partition coefficient (Wildman–Crippen LogP) is 1.66. The van der Waals surface area contributed by atoms with Crippen LogP contribution in [0, 0.1) is 13.8 Å². The van der Waals surface area contributed by atoms with Crippen LogP contribution >= 0.6 is 0 Å². The van der Waals surface area contributed by atoms with Crippen molar-refractivity contribution in [2.45, 2.75) is 20.8 Å². The lowest BCUT2D eigenvalue weighted by molar-refractivity contribution is -0.114. The Morgan fingerprint density at radius 2 is 2.17 bits per heavy atom. The molecular formula is C9H12N2O. The van der Waals surface area contributed by atoms with Crippen molar-refractivity contribution in [3.8, 4) is 0 Å². The van der Waals surface area contributed by atoms with E-state index >= 15 is 0 Å². The van der Waals surface area contributed by atoms with Crippen LogP contribution in [0.1, 0.15) is 18.1 Å². The Labute approximate surface area is 71.8 Å². The molecule has 0 aliphatic rings. The summed E-state index contributed by atoms with van der Waals surface area (Å²) < 4.78 is 0. The monoisotopic (exact) mass is 164 g/mol. The number of rotatable bonds is 1. The smallest absolute Gasteiger partial charge is 0.222 e. The van der Waals surface area contributed by atoms with Crippen LogP contribution in [-0.2, 0) is 4.79 Å². The van der Waals surface area contributed by atoms with Gasteiger partial charge in [-0.15, -0.1) is 0 Å². The topological polar surface area (TPSA) is 42.0 Å². The molecule has 3 nitrogen and oxygen atoms in total. The third-order valence-corrected chi connectivity index (χ3v) is 1.77. The molecule has 0 aliphatic carbocycles. The first kappa shape index (κ1) is 8.71. The molecule has 0 saturated carbocycles. The van der Waals surface area contributed by atoms with E-state index in [2.05, 4.69) is 10.3 Å². The minimum absolute atomic E-state index is 0.0869. The van der Waals surface area contributed by atoms with Gasteiger partial charge < -0.3 is 5.32 Å². The Morgan fingerprint density at radius 3 is 2.75 bits per heavy atom. The summed E-state index contributed by atoms with van der Waals surface area (Å²) >= 11 is 0. The highest BCUT2D eigenvalue weighted by molar-refractivity contribution is 5.88. The zero-order chi connectivity index (χ0) is 9.14. The Morgan fingerprint density at radius 1 is 1.50 bits per heavy atom. The van der Waals surface area contributed by atoms with E-state index in [1.54, 1.807) is 6.20 Å². The molecule has 64 valence electrons. The van der Waals surface area contributed by atoms with E-state index < -0.39 is 0 Å². The van der Waals surface area contributed by atoms with Crippen molar-refractivity contribution in [2.24, 2.45) is 0 Å². The highest BCUT2D eigenvalue weighted by Gasteiger charge is 2.02. The van der Waals surface area contributed by atoms with Crippen LogP contribution in [0.25, 0.3) is 0 Å². The first-order valence-corrected chi connectivity index (χ1v) is 3.81. The zero-order valence-corrected chi connectivity index (χ0v) is 7.51. The maximum Gasteiger partial charge on any atom is 0.222 e. The van der Waals surface area contributed by atoms with Crippen molar-refractivity contribution in [1.82, 2.24) is 4.98 Å². The van der Waals surface area contributed by atoms with Crippen molar-refractivity contribution >= 4 is 11.7 Å². The van der Waals surface area contributed by atoms with Crippen LogP contribution in [-0.4, -0.2) is 10.9 Å². The molecule has 0 bridgehead atoms. The molecule has 12 heavy (non-hydrogen) atoms. The molecule has 0 unspecified atom stereocenters. The molecular weight excluding hydrogens is 152 g/mol. The average molecular weight is 164 g/mol. The Hall–Kier alpha value is -1.38. The number of pyridine rings is 1. The molecule has 0 aliphatic heterocycles. The third kappa shape index (κ3) is 1.81. The van der Waals surface area contributed by atoms with Gasteiger partial charge in [-0.3, -0.25) is 4.79 Å². The second-order valence-electron chi connectivity index (χ2n) is 2.78. The molecule has 1 amide bonds. The maximum atomic E-state index is 10.7. The van der Waals surface area contributed by atoms with E-state index in [9.17, 15) is 4.79 Å². The van der Waals surface area contributed by atoms with Crippen LogP contribution in [0.15, 0.2) is 12.3 Å². The first-order valence-electron chi connectivity index (χ1n) is 3.81. The average Bonchev–Trinajstić information content (AvgIpc) is 1.98. The lowest BCUT2D eigenvalue weighted by Crippen LogP contribution is -2.09. The van der Waals surface area contributed by atoms with E-state index in [1.165, 1.54) is 6.92 Å². The molecule has 0 saturated heterocycles. The van der Waals surface area contributed by atoms with Crippen LogP contribution in [0.2, 0.25) is 0 Å². The molecule has 1 N–H and O–H groups in total. The summed E-state index contributed by atoms with van der Waals surface area (Å²) in [6, 6.07) is 1.92. The summed E-state index contributed by atoms with van der Waals surface area (Å²) in [5.74, 6) is 0.568. The molecule has 0 atom stereocenters. The van der Waals surface area contributed by atoms with Gasteiger partial charge >= 0.3 is 0 Å². The minimum Gasteiger partial charge on any atom is -0.311 e. The molecule has 0 radical (unpaired) electrons. The fraction of sp³-hybridized carbons (Fsp3) is 0.333. The van der Waals surface area contributed by atoms with Gasteiger partial charge in [-0.1, -0.05) is 0 Å². The van der Waals surface area contributed by atoms with Gasteiger partial charge in [0.2, 0.25) is 5.91 Å². The normalized spacial score (nSPS) is 9.58. The zero-order valence-electron chi connectivity index (χ0n) is 7.51. The van der Waals surface area contributed by atoms with Crippen molar-refractivity contribution in [1.29, 1.82) is 0 Å². The number of aromatic nitrogens is 1. The highest BCUT2D eigenvalue weighted by atomic mass is 16.1. The van der Waals surface area contributed by atoms with E-state index in [4.69, 9.17) is 0 Å². The van der Waals surface area contributed by atoms with E-state index in [1.807, 2.05) is 19.9 Å². The summed E-state index contributed by atoms with van der Waals surface area (Å²) in [4.78, 5) is 14.8. The van der Waals surface area contributed by atoms with Crippen LogP contribution < -0.4 is 5.32 Å². The summed E-state index contributed by atoms with van der Waals surface area (Å²) in [5, 5.41) is 2.66. The van der Waals surface area contributed by atoms with Gasteiger partial charge in [-0.25, -0.2) is 4.98 Å². The van der Waals surface area contributed by atoms with Gasteiger partial charge in [0.1, 0.15) is 5.82 Å². The van der Waals surface area contributed by atoms with Gasteiger partial charge in [0.15, 0.2) is 0 Å². The number of carbonyl (C=O) groups is 1. The minimum atomic E-state index is -0.0869. The molecule has 0 aromatic carbocycles. The second kappa shape index (κ2) is 3.34. The Bertz CT molecular complexity index is 307. The number of hydrogen-bond acceptors (Lipinski definition) is 2. The van der Waals surface area contributed by atoms with Gasteiger partial charge in [0, 0.05) is 13.1 Å². The standard InChI is InChI=1S/C9H12N2O/c1-6-4-5-10-9(7(6)2)11-8(3)12/h4-5H,1-3H3,(H,10,11,12). The summed E-state index contributed by atoms with van der Waals surface area (Å²) in [5.41, 5.74) is 2.15. The lowest BCUT2D eigenvalue weighted by Gasteiger charge is -2.06. The third-order valence-electron chi connectivity index (χ3n) is 1.77. The Balaban J connectivity index is 3.00. The van der Waals surface area contributed by atoms with Crippen molar-refractivity contribution in [2.75, 3.05) is 5.32 Å².